The summed E-state index contributed by atoms with van der Waals surface area (Å²) in [7, 11) is 0. The van der Waals surface area contributed by atoms with Crippen LogP contribution in [0.4, 0.5) is 13.2 Å². The van der Waals surface area contributed by atoms with Crippen molar-refractivity contribution < 1.29 is 18.0 Å². The first-order chi connectivity index (χ1) is 13.4. The van der Waals surface area contributed by atoms with Gasteiger partial charge in [-0.05, 0) is 37.0 Å². The zero-order chi connectivity index (χ0) is 19.9. The standard InChI is InChI=1S/C21H22F3N3O/c1-2-15-10-11-20(13-27(15)20)17(14-7-4-3-5-8-14)26-19(28)16-9-6-12-25-18(16)21(22,23)24/h3-9,12,15,17H,2,10-11,13H2,1H3,(H,26,28). The maximum Gasteiger partial charge on any atom is 0.434 e. The minimum Gasteiger partial charge on any atom is -0.343 e. The number of carbonyl (C=O) groups is 1. The molecule has 0 aliphatic carbocycles. The quantitative estimate of drug-likeness (QED) is 0.780. The molecule has 7 heteroatoms. The van der Waals surface area contributed by atoms with Crippen LogP contribution in [0.15, 0.2) is 48.7 Å². The van der Waals surface area contributed by atoms with Crippen LogP contribution in [0.5, 0.6) is 0 Å². The maximum absolute atomic E-state index is 13.3. The molecular weight excluding hydrogens is 367 g/mol. The van der Waals surface area contributed by atoms with E-state index < -0.39 is 23.3 Å². The van der Waals surface area contributed by atoms with E-state index in [1.54, 1.807) is 0 Å². The van der Waals surface area contributed by atoms with Gasteiger partial charge in [-0.3, -0.25) is 14.7 Å². The Morgan fingerprint density at radius 1 is 1.29 bits per heavy atom. The zero-order valence-corrected chi connectivity index (χ0v) is 15.5. The molecule has 3 heterocycles. The molecule has 2 fully saturated rings. The van der Waals surface area contributed by atoms with Gasteiger partial charge in [0, 0.05) is 18.8 Å². The number of aromatic nitrogens is 1. The number of halogens is 3. The summed E-state index contributed by atoms with van der Waals surface area (Å²) < 4.78 is 39.9. The summed E-state index contributed by atoms with van der Waals surface area (Å²) in [6.45, 7) is 2.99. The molecule has 0 bridgehead atoms. The van der Waals surface area contributed by atoms with Crippen LogP contribution in [0.25, 0.3) is 0 Å². The van der Waals surface area contributed by atoms with Gasteiger partial charge in [-0.15, -0.1) is 0 Å². The van der Waals surface area contributed by atoms with Crippen molar-refractivity contribution in [1.29, 1.82) is 0 Å². The first-order valence-corrected chi connectivity index (χ1v) is 9.51. The van der Waals surface area contributed by atoms with E-state index in [-0.39, 0.29) is 11.6 Å². The number of hydrogen-bond acceptors (Lipinski definition) is 3. The molecule has 1 N–H and O–H groups in total. The lowest BCUT2D eigenvalue weighted by Gasteiger charge is -2.27. The molecule has 4 nitrogen and oxygen atoms in total. The Morgan fingerprint density at radius 2 is 2.04 bits per heavy atom. The summed E-state index contributed by atoms with van der Waals surface area (Å²) in [4.78, 5) is 18.7. The Bertz CT molecular complexity index is 871. The highest BCUT2D eigenvalue weighted by Gasteiger charge is 2.63. The Kier molecular flexibility index (Phi) is 4.65. The number of pyridine rings is 1. The number of nitrogens with zero attached hydrogens (tertiary/aromatic N) is 2. The smallest absolute Gasteiger partial charge is 0.343 e. The van der Waals surface area contributed by atoms with Crippen molar-refractivity contribution in [3.63, 3.8) is 0 Å². The van der Waals surface area contributed by atoms with Gasteiger partial charge in [0.2, 0.25) is 0 Å². The summed E-state index contributed by atoms with van der Waals surface area (Å²) in [6, 6.07) is 12.1. The van der Waals surface area contributed by atoms with Crippen LogP contribution in [-0.4, -0.2) is 33.9 Å². The molecule has 0 saturated carbocycles. The Balaban J connectivity index is 1.66. The molecule has 0 radical (unpaired) electrons. The molecule has 4 unspecified atom stereocenters. The molecule has 2 aliphatic rings. The van der Waals surface area contributed by atoms with Crippen molar-refractivity contribution in [1.82, 2.24) is 15.2 Å². The van der Waals surface area contributed by atoms with Crippen LogP contribution in [0, 0.1) is 0 Å². The highest BCUT2D eigenvalue weighted by molar-refractivity contribution is 5.95. The molecule has 4 atom stereocenters. The van der Waals surface area contributed by atoms with Gasteiger partial charge in [0.05, 0.1) is 17.1 Å². The van der Waals surface area contributed by atoms with Gasteiger partial charge in [-0.25, -0.2) is 0 Å². The van der Waals surface area contributed by atoms with E-state index in [0.717, 1.165) is 37.6 Å². The molecule has 28 heavy (non-hydrogen) atoms. The monoisotopic (exact) mass is 389 g/mol. The van der Waals surface area contributed by atoms with Crippen molar-refractivity contribution in [2.45, 2.75) is 50.0 Å². The molecule has 1 aromatic heterocycles. The van der Waals surface area contributed by atoms with Gasteiger partial charge in [0.15, 0.2) is 5.69 Å². The Labute approximate surface area is 161 Å². The van der Waals surface area contributed by atoms with E-state index in [4.69, 9.17) is 0 Å². The largest absolute Gasteiger partial charge is 0.434 e. The Hall–Kier alpha value is -2.41. The van der Waals surface area contributed by atoms with E-state index in [2.05, 4.69) is 22.1 Å². The van der Waals surface area contributed by atoms with Crippen molar-refractivity contribution in [3.05, 3.63) is 65.5 Å². The van der Waals surface area contributed by atoms with E-state index in [1.807, 2.05) is 30.3 Å². The molecule has 1 amide bonds. The average molecular weight is 389 g/mol. The lowest BCUT2D eigenvalue weighted by Crippen LogP contribution is -2.40. The third-order valence-electron chi connectivity index (χ3n) is 6.00. The van der Waals surface area contributed by atoms with E-state index in [9.17, 15) is 18.0 Å². The van der Waals surface area contributed by atoms with Gasteiger partial charge in [-0.1, -0.05) is 37.3 Å². The fourth-order valence-corrected chi connectivity index (χ4v) is 4.57. The second-order valence-corrected chi connectivity index (χ2v) is 7.55. The molecule has 4 rings (SSSR count). The normalized spacial score (nSPS) is 27.1. The SMILES string of the molecule is CCC1CCC2(C(NC(=O)c3cccnc3C(F)(F)F)c3ccccc3)CN12. The van der Waals surface area contributed by atoms with E-state index >= 15 is 0 Å². The van der Waals surface area contributed by atoms with Gasteiger partial charge in [0.25, 0.3) is 5.91 Å². The van der Waals surface area contributed by atoms with Gasteiger partial charge < -0.3 is 5.32 Å². The number of nitrogens with one attached hydrogen (secondary N) is 1. The van der Waals surface area contributed by atoms with Crippen LogP contribution in [0.3, 0.4) is 0 Å². The van der Waals surface area contributed by atoms with Crippen LogP contribution in [0.1, 0.15) is 53.8 Å². The van der Waals surface area contributed by atoms with Gasteiger partial charge in [0.1, 0.15) is 0 Å². The summed E-state index contributed by atoms with van der Waals surface area (Å²) in [5, 5.41) is 2.91. The molecule has 1 aromatic carbocycles. The predicted molar refractivity (Wildman–Crippen MR) is 98.6 cm³/mol. The number of carbonyl (C=O) groups excluding carboxylic acids is 1. The van der Waals surface area contributed by atoms with Crippen LogP contribution >= 0.6 is 0 Å². The van der Waals surface area contributed by atoms with Gasteiger partial charge >= 0.3 is 6.18 Å². The maximum atomic E-state index is 13.3. The second-order valence-electron chi connectivity index (χ2n) is 7.55. The average Bonchev–Trinajstić information content (AvgIpc) is 3.31. The number of amides is 1. The highest BCUT2D eigenvalue weighted by atomic mass is 19.4. The number of rotatable bonds is 5. The van der Waals surface area contributed by atoms with Crippen LogP contribution in [0.2, 0.25) is 0 Å². The van der Waals surface area contributed by atoms with E-state index in [0.29, 0.717) is 6.04 Å². The number of fused-ring (bicyclic) bond motifs is 1. The van der Waals surface area contributed by atoms with Crippen molar-refractivity contribution >= 4 is 5.91 Å². The number of piperidine rings is 1. The lowest BCUT2D eigenvalue weighted by atomic mass is 9.89. The summed E-state index contributed by atoms with van der Waals surface area (Å²) >= 11 is 0. The number of benzene rings is 1. The predicted octanol–water partition coefficient (Wildman–Crippen LogP) is 4.20. The van der Waals surface area contributed by atoms with Crippen molar-refractivity contribution in [3.8, 4) is 0 Å². The summed E-state index contributed by atoms with van der Waals surface area (Å²) in [5.41, 5.74) is -0.891. The first-order valence-electron chi connectivity index (χ1n) is 9.51. The topological polar surface area (TPSA) is 45.0 Å². The number of alkyl halides is 3. The first kappa shape index (κ1) is 18.9. The third-order valence-corrected chi connectivity index (χ3v) is 6.00. The molecule has 0 spiro atoms. The lowest BCUT2D eigenvalue weighted by molar-refractivity contribution is -0.141. The summed E-state index contributed by atoms with van der Waals surface area (Å²) in [6.07, 6.45) is -0.641. The molecular formula is C21H22F3N3O. The fraction of sp³-hybridized carbons (Fsp3) is 0.429. The zero-order valence-electron chi connectivity index (χ0n) is 15.5. The molecule has 2 aromatic rings. The third kappa shape index (κ3) is 3.17. The Morgan fingerprint density at radius 3 is 2.64 bits per heavy atom. The molecule has 2 saturated heterocycles. The second kappa shape index (κ2) is 6.88. The number of hydrogen-bond donors (Lipinski definition) is 1. The van der Waals surface area contributed by atoms with Crippen LogP contribution in [-0.2, 0) is 6.18 Å². The minimum absolute atomic E-state index is 0.210. The van der Waals surface area contributed by atoms with Crippen molar-refractivity contribution in [2.24, 2.45) is 0 Å². The fourth-order valence-electron chi connectivity index (χ4n) is 4.57. The minimum atomic E-state index is -4.68. The molecule has 2 aliphatic heterocycles. The summed E-state index contributed by atoms with van der Waals surface area (Å²) in [5.74, 6) is -0.740. The molecule has 148 valence electrons. The van der Waals surface area contributed by atoms with Gasteiger partial charge in [-0.2, -0.15) is 13.2 Å². The van der Waals surface area contributed by atoms with Crippen LogP contribution < -0.4 is 5.32 Å². The van der Waals surface area contributed by atoms with Crippen molar-refractivity contribution in [2.75, 3.05) is 6.54 Å². The van der Waals surface area contributed by atoms with E-state index in [1.165, 1.54) is 12.1 Å². The highest BCUT2D eigenvalue weighted by Crippen LogP contribution is 2.54.